The molecule has 0 aliphatic heterocycles. The molecule has 100 valence electrons. The fourth-order valence-electron chi connectivity index (χ4n) is 0.978. The van der Waals surface area contributed by atoms with Gasteiger partial charge in [0.05, 0.1) is 45.1 Å². The maximum Gasteiger partial charge on any atom is 0.294 e. The first-order valence-corrected chi connectivity index (χ1v) is 6.81. The molecule has 0 unspecified atom stereocenters. The zero-order chi connectivity index (χ0) is 14.2. The van der Waals surface area contributed by atoms with Gasteiger partial charge in [-0.3, -0.25) is 4.55 Å². The molecule has 0 heterocycles. The molecule has 1 rings (SSSR count). The molecular formula is C12H19N2O3S+. The summed E-state index contributed by atoms with van der Waals surface area (Å²) in [5.74, 6) is 0. The van der Waals surface area contributed by atoms with Crippen molar-refractivity contribution in [3.8, 4) is 6.07 Å². The number of benzene rings is 1. The van der Waals surface area contributed by atoms with Gasteiger partial charge >= 0.3 is 0 Å². The third-order valence-electron chi connectivity index (χ3n) is 1.94. The highest BCUT2D eigenvalue weighted by molar-refractivity contribution is 7.85. The van der Waals surface area contributed by atoms with Gasteiger partial charge in [-0.25, -0.2) is 0 Å². The highest BCUT2D eigenvalue weighted by Gasteiger charge is 2.05. The highest BCUT2D eigenvalue weighted by atomic mass is 32.2. The largest absolute Gasteiger partial charge is 0.330 e. The average Bonchev–Trinajstić information content (AvgIpc) is 2.26. The Bertz CT molecular complexity index is 484. The van der Waals surface area contributed by atoms with Crippen molar-refractivity contribution >= 4 is 10.1 Å². The summed E-state index contributed by atoms with van der Waals surface area (Å²) in [6.45, 7) is 0.941. The van der Waals surface area contributed by atoms with Crippen LogP contribution in [0.25, 0.3) is 0 Å². The summed E-state index contributed by atoms with van der Waals surface area (Å²) in [6.07, 6.45) is 0.656. The predicted molar refractivity (Wildman–Crippen MR) is 69.4 cm³/mol. The van der Waals surface area contributed by atoms with Crippen LogP contribution in [0, 0.1) is 11.3 Å². The molecule has 1 aromatic carbocycles. The Labute approximate surface area is 109 Å². The zero-order valence-corrected chi connectivity index (χ0v) is 11.7. The Morgan fingerprint density at radius 3 is 1.94 bits per heavy atom. The lowest BCUT2D eigenvalue weighted by molar-refractivity contribution is -0.869. The number of nitrogens with zero attached hydrogens (tertiary/aromatic N) is 2. The maximum absolute atomic E-state index is 10.4. The summed E-state index contributed by atoms with van der Waals surface area (Å²) in [4.78, 5) is -0.0741. The Morgan fingerprint density at radius 2 is 1.72 bits per heavy atom. The third-order valence-corrected chi connectivity index (χ3v) is 2.80. The van der Waals surface area contributed by atoms with Crippen molar-refractivity contribution in [2.45, 2.75) is 11.3 Å². The first-order chi connectivity index (χ1) is 8.17. The lowest BCUT2D eigenvalue weighted by Crippen LogP contribution is -2.34. The normalized spacial score (nSPS) is 11.1. The molecule has 0 bridgehead atoms. The van der Waals surface area contributed by atoms with Crippen molar-refractivity contribution in [1.29, 1.82) is 5.26 Å². The van der Waals surface area contributed by atoms with E-state index in [1.54, 1.807) is 18.2 Å². The monoisotopic (exact) mass is 271 g/mol. The van der Waals surface area contributed by atoms with Gasteiger partial charge in [-0.1, -0.05) is 18.2 Å². The van der Waals surface area contributed by atoms with E-state index in [2.05, 4.69) is 27.2 Å². The van der Waals surface area contributed by atoms with Crippen molar-refractivity contribution in [3.05, 3.63) is 30.3 Å². The van der Waals surface area contributed by atoms with E-state index in [-0.39, 0.29) is 4.90 Å². The van der Waals surface area contributed by atoms with Gasteiger partial charge in [0.1, 0.15) is 0 Å². The Hall–Kier alpha value is -1.42. The molecular weight excluding hydrogens is 252 g/mol. The molecule has 0 aromatic heterocycles. The number of quaternary nitrogens is 1. The van der Waals surface area contributed by atoms with Gasteiger partial charge in [-0.2, -0.15) is 13.7 Å². The van der Waals surface area contributed by atoms with E-state index in [1.165, 1.54) is 12.1 Å². The molecule has 0 spiro atoms. The van der Waals surface area contributed by atoms with Gasteiger partial charge in [0.15, 0.2) is 0 Å². The molecule has 6 heteroatoms. The number of hydrogen-bond donors (Lipinski definition) is 1. The number of nitriles is 1. The van der Waals surface area contributed by atoms with Crippen molar-refractivity contribution in [2.75, 3.05) is 27.7 Å². The van der Waals surface area contributed by atoms with Crippen molar-refractivity contribution in [3.63, 3.8) is 0 Å². The van der Waals surface area contributed by atoms with Gasteiger partial charge in [0, 0.05) is 0 Å². The molecule has 0 radical (unpaired) electrons. The fraction of sp³-hybridized carbons (Fsp3) is 0.417. The summed E-state index contributed by atoms with van der Waals surface area (Å²) in [6, 6.07) is 9.53. The SMILES string of the molecule is C[N+](C)(C)CCC#N.O=S(=O)(O)c1ccccc1. The van der Waals surface area contributed by atoms with Gasteiger partial charge in [0.25, 0.3) is 10.1 Å². The molecule has 5 nitrogen and oxygen atoms in total. The van der Waals surface area contributed by atoms with Gasteiger partial charge in [-0.15, -0.1) is 0 Å². The molecule has 1 N–H and O–H groups in total. The molecule has 18 heavy (non-hydrogen) atoms. The molecule has 0 aliphatic carbocycles. The van der Waals surface area contributed by atoms with E-state index in [1.807, 2.05) is 0 Å². The topological polar surface area (TPSA) is 78.2 Å². The Kier molecular flexibility index (Phi) is 6.55. The zero-order valence-electron chi connectivity index (χ0n) is 10.9. The second kappa shape index (κ2) is 7.11. The Morgan fingerprint density at radius 1 is 1.22 bits per heavy atom. The van der Waals surface area contributed by atoms with Crippen LogP contribution in [-0.2, 0) is 10.1 Å². The van der Waals surface area contributed by atoms with Crippen molar-refractivity contribution in [1.82, 2.24) is 0 Å². The third kappa shape index (κ3) is 8.70. The second-order valence-corrected chi connectivity index (χ2v) is 6.13. The fourth-order valence-corrected chi connectivity index (χ4v) is 1.48. The lowest BCUT2D eigenvalue weighted by atomic mass is 10.4. The first kappa shape index (κ1) is 16.6. The van der Waals surface area contributed by atoms with Crippen LogP contribution in [0.3, 0.4) is 0 Å². The predicted octanol–water partition coefficient (Wildman–Crippen LogP) is 1.54. The standard InChI is InChI=1S/C6H13N2.C6H6O3S/c1-8(2,3)6-4-5-7;7-10(8,9)6-4-2-1-3-5-6/h4,6H2,1-3H3;1-5H,(H,7,8,9)/q+1;. The van der Waals surface area contributed by atoms with Crippen LogP contribution in [0.4, 0.5) is 0 Å². The van der Waals surface area contributed by atoms with Crippen LogP contribution < -0.4 is 0 Å². The number of rotatable bonds is 3. The summed E-state index contributed by atoms with van der Waals surface area (Å²) in [5, 5.41) is 8.17. The van der Waals surface area contributed by atoms with E-state index < -0.39 is 10.1 Å². The van der Waals surface area contributed by atoms with E-state index in [4.69, 9.17) is 9.81 Å². The minimum atomic E-state index is -4.00. The smallest absolute Gasteiger partial charge is 0.294 e. The first-order valence-electron chi connectivity index (χ1n) is 5.37. The van der Waals surface area contributed by atoms with E-state index in [0.29, 0.717) is 6.42 Å². The molecule has 1 aromatic rings. The van der Waals surface area contributed by atoms with Gasteiger partial charge in [-0.05, 0) is 12.1 Å². The quantitative estimate of drug-likeness (QED) is 0.668. The number of hydrogen-bond acceptors (Lipinski definition) is 3. The molecule has 0 saturated carbocycles. The summed E-state index contributed by atoms with van der Waals surface area (Å²) in [7, 11) is 2.24. The highest BCUT2D eigenvalue weighted by Crippen LogP contribution is 2.05. The Balaban J connectivity index is 0.000000331. The molecule has 0 atom stereocenters. The van der Waals surface area contributed by atoms with Crippen LogP contribution in [0.15, 0.2) is 35.2 Å². The lowest BCUT2D eigenvalue weighted by Gasteiger charge is -2.21. The summed E-state index contributed by atoms with van der Waals surface area (Å²) >= 11 is 0. The van der Waals surface area contributed by atoms with Crippen LogP contribution >= 0.6 is 0 Å². The van der Waals surface area contributed by atoms with Crippen LogP contribution in [0.5, 0.6) is 0 Å². The minimum absolute atomic E-state index is 0.0741. The van der Waals surface area contributed by atoms with Gasteiger partial charge < -0.3 is 4.48 Å². The summed E-state index contributed by atoms with van der Waals surface area (Å²) in [5.41, 5.74) is 0. The van der Waals surface area contributed by atoms with Crippen LogP contribution in [-0.4, -0.2) is 45.1 Å². The maximum atomic E-state index is 10.4. The van der Waals surface area contributed by atoms with Crippen molar-refractivity contribution < 1.29 is 17.5 Å². The average molecular weight is 271 g/mol. The van der Waals surface area contributed by atoms with Crippen LogP contribution in [0.1, 0.15) is 6.42 Å². The molecule has 0 aliphatic rings. The van der Waals surface area contributed by atoms with E-state index in [0.717, 1.165) is 11.0 Å². The second-order valence-electron chi connectivity index (χ2n) is 4.71. The minimum Gasteiger partial charge on any atom is -0.330 e. The van der Waals surface area contributed by atoms with E-state index in [9.17, 15) is 8.42 Å². The van der Waals surface area contributed by atoms with Crippen molar-refractivity contribution in [2.24, 2.45) is 0 Å². The molecule has 0 saturated heterocycles. The molecule has 0 amide bonds. The van der Waals surface area contributed by atoms with Gasteiger partial charge in [0.2, 0.25) is 0 Å². The molecule has 0 fully saturated rings. The summed E-state index contributed by atoms with van der Waals surface area (Å²) < 4.78 is 30.1. The van der Waals surface area contributed by atoms with E-state index >= 15 is 0 Å². The van der Waals surface area contributed by atoms with Crippen LogP contribution in [0.2, 0.25) is 0 Å².